The standard InChI is InChI=1S/C14H24N4O3/c1-13(2)8-10(14(3,4)21-13)18-9(6-7-15)11(16-17-18)12(19)20-5/h10H,6-8,15H2,1-5H3. The molecule has 1 aromatic heterocycles. The van der Waals surface area contributed by atoms with Crippen molar-refractivity contribution >= 4 is 5.97 Å². The first kappa shape index (κ1) is 15.9. The van der Waals surface area contributed by atoms with Gasteiger partial charge in [-0.2, -0.15) is 0 Å². The van der Waals surface area contributed by atoms with Crippen LogP contribution in [0.15, 0.2) is 0 Å². The number of hydrogen-bond donors (Lipinski definition) is 1. The van der Waals surface area contributed by atoms with Crippen molar-refractivity contribution < 1.29 is 14.3 Å². The van der Waals surface area contributed by atoms with E-state index in [1.807, 2.05) is 13.8 Å². The van der Waals surface area contributed by atoms with Crippen LogP contribution in [0.2, 0.25) is 0 Å². The normalized spacial score (nSPS) is 23.2. The highest BCUT2D eigenvalue weighted by Gasteiger charge is 2.48. The Morgan fingerprint density at radius 3 is 2.62 bits per heavy atom. The minimum Gasteiger partial charge on any atom is -0.464 e. The molecule has 1 saturated heterocycles. The molecule has 0 amide bonds. The van der Waals surface area contributed by atoms with E-state index in [2.05, 4.69) is 24.2 Å². The maximum atomic E-state index is 11.8. The lowest BCUT2D eigenvalue weighted by Gasteiger charge is -2.27. The fourth-order valence-corrected chi connectivity index (χ4v) is 3.10. The summed E-state index contributed by atoms with van der Waals surface area (Å²) in [7, 11) is 1.33. The second-order valence-corrected chi connectivity index (χ2v) is 6.54. The van der Waals surface area contributed by atoms with Gasteiger partial charge in [0, 0.05) is 12.8 Å². The Bertz CT molecular complexity index is 536. The maximum Gasteiger partial charge on any atom is 0.360 e. The number of nitrogens with two attached hydrogens (primary N) is 1. The third-order valence-electron chi connectivity index (χ3n) is 3.87. The number of esters is 1. The lowest BCUT2D eigenvalue weighted by atomic mass is 9.94. The molecule has 2 N–H and O–H groups in total. The first-order valence-electron chi connectivity index (χ1n) is 7.14. The number of rotatable bonds is 4. The first-order chi connectivity index (χ1) is 9.72. The quantitative estimate of drug-likeness (QED) is 0.836. The summed E-state index contributed by atoms with van der Waals surface area (Å²) in [6.45, 7) is 8.57. The molecule has 0 bridgehead atoms. The highest BCUT2D eigenvalue weighted by molar-refractivity contribution is 5.88. The molecule has 2 rings (SSSR count). The van der Waals surface area contributed by atoms with Crippen LogP contribution in [0.25, 0.3) is 0 Å². The molecule has 7 nitrogen and oxygen atoms in total. The molecule has 0 aliphatic carbocycles. The van der Waals surface area contributed by atoms with Gasteiger partial charge in [-0.05, 0) is 34.2 Å². The van der Waals surface area contributed by atoms with Crippen LogP contribution in [0.4, 0.5) is 0 Å². The van der Waals surface area contributed by atoms with Crippen molar-refractivity contribution in [2.45, 2.75) is 57.8 Å². The number of ether oxygens (including phenoxy) is 2. The Morgan fingerprint density at radius 1 is 1.48 bits per heavy atom. The van der Waals surface area contributed by atoms with E-state index in [4.69, 9.17) is 15.2 Å². The summed E-state index contributed by atoms with van der Waals surface area (Å²) in [6.07, 6.45) is 1.31. The van der Waals surface area contributed by atoms with Gasteiger partial charge < -0.3 is 15.2 Å². The summed E-state index contributed by atoms with van der Waals surface area (Å²) in [5, 5.41) is 8.17. The summed E-state index contributed by atoms with van der Waals surface area (Å²) in [6, 6.07) is -0.0000406. The van der Waals surface area contributed by atoms with Crippen LogP contribution in [0, 0.1) is 0 Å². The van der Waals surface area contributed by atoms with Gasteiger partial charge in [0.1, 0.15) is 0 Å². The molecule has 118 valence electrons. The fourth-order valence-electron chi connectivity index (χ4n) is 3.10. The van der Waals surface area contributed by atoms with Crippen molar-refractivity contribution in [2.75, 3.05) is 13.7 Å². The molecule has 21 heavy (non-hydrogen) atoms. The number of carbonyl (C=O) groups is 1. The van der Waals surface area contributed by atoms with Crippen molar-refractivity contribution in [1.82, 2.24) is 15.0 Å². The molecular formula is C14H24N4O3. The zero-order valence-corrected chi connectivity index (χ0v) is 13.3. The van der Waals surface area contributed by atoms with Crippen LogP contribution < -0.4 is 5.73 Å². The third kappa shape index (κ3) is 2.94. The number of aromatic nitrogens is 3. The van der Waals surface area contributed by atoms with Crippen LogP contribution in [-0.2, 0) is 15.9 Å². The Balaban J connectivity index is 2.44. The molecule has 1 fully saturated rings. The Morgan fingerprint density at radius 2 is 2.14 bits per heavy atom. The lowest BCUT2D eigenvalue weighted by Crippen LogP contribution is -2.32. The second kappa shape index (κ2) is 5.38. The highest BCUT2D eigenvalue weighted by Crippen LogP contribution is 2.45. The largest absolute Gasteiger partial charge is 0.464 e. The Labute approximate surface area is 124 Å². The average Bonchev–Trinajstić information content (AvgIpc) is 2.86. The molecule has 0 spiro atoms. The van der Waals surface area contributed by atoms with Gasteiger partial charge in [0.25, 0.3) is 0 Å². The van der Waals surface area contributed by atoms with Crippen LogP contribution >= 0.6 is 0 Å². The van der Waals surface area contributed by atoms with Crippen molar-refractivity contribution in [2.24, 2.45) is 5.73 Å². The Kier molecular flexibility index (Phi) is 4.08. The van der Waals surface area contributed by atoms with Crippen molar-refractivity contribution in [1.29, 1.82) is 0 Å². The van der Waals surface area contributed by atoms with E-state index in [1.165, 1.54) is 7.11 Å². The summed E-state index contributed by atoms with van der Waals surface area (Å²) in [4.78, 5) is 11.8. The van der Waals surface area contributed by atoms with E-state index >= 15 is 0 Å². The molecule has 2 heterocycles. The van der Waals surface area contributed by atoms with Gasteiger partial charge in [-0.15, -0.1) is 5.10 Å². The molecule has 7 heteroatoms. The maximum absolute atomic E-state index is 11.8. The topological polar surface area (TPSA) is 92.3 Å². The van der Waals surface area contributed by atoms with Gasteiger partial charge in [-0.3, -0.25) is 0 Å². The van der Waals surface area contributed by atoms with Gasteiger partial charge in [0.2, 0.25) is 0 Å². The van der Waals surface area contributed by atoms with Crippen molar-refractivity contribution in [3.63, 3.8) is 0 Å². The predicted octanol–water partition coefficient (Wildman–Crippen LogP) is 1.08. The van der Waals surface area contributed by atoms with E-state index in [-0.39, 0.29) is 17.3 Å². The minimum absolute atomic E-state index is 0.0000406. The molecule has 1 unspecified atom stereocenters. The number of hydrogen-bond acceptors (Lipinski definition) is 6. The predicted molar refractivity (Wildman–Crippen MR) is 77.0 cm³/mol. The molecule has 0 saturated carbocycles. The average molecular weight is 296 g/mol. The number of carbonyl (C=O) groups excluding carboxylic acids is 1. The summed E-state index contributed by atoms with van der Waals surface area (Å²) in [5.74, 6) is -0.485. The van der Waals surface area contributed by atoms with E-state index in [9.17, 15) is 4.79 Å². The molecular weight excluding hydrogens is 272 g/mol. The molecule has 0 radical (unpaired) electrons. The monoisotopic (exact) mass is 296 g/mol. The van der Waals surface area contributed by atoms with Crippen molar-refractivity contribution in [3.8, 4) is 0 Å². The first-order valence-corrected chi connectivity index (χ1v) is 7.14. The van der Waals surface area contributed by atoms with Crippen LogP contribution in [-0.4, -0.2) is 45.8 Å². The van der Waals surface area contributed by atoms with Crippen LogP contribution in [0.5, 0.6) is 0 Å². The zero-order chi connectivity index (χ0) is 15.8. The molecule has 1 aliphatic rings. The second-order valence-electron chi connectivity index (χ2n) is 6.54. The number of nitrogens with zero attached hydrogens (tertiary/aromatic N) is 3. The van der Waals surface area contributed by atoms with Gasteiger partial charge in [-0.25, -0.2) is 9.48 Å². The zero-order valence-electron chi connectivity index (χ0n) is 13.3. The summed E-state index contributed by atoms with van der Waals surface area (Å²) < 4.78 is 12.6. The van der Waals surface area contributed by atoms with Gasteiger partial charge in [0.05, 0.1) is 30.0 Å². The smallest absolute Gasteiger partial charge is 0.360 e. The molecule has 0 aromatic carbocycles. The molecule has 1 aromatic rings. The van der Waals surface area contributed by atoms with Crippen molar-refractivity contribution in [3.05, 3.63) is 11.4 Å². The summed E-state index contributed by atoms with van der Waals surface area (Å²) >= 11 is 0. The molecule has 1 atom stereocenters. The van der Waals surface area contributed by atoms with Gasteiger partial charge >= 0.3 is 5.97 Å². The van der Waals surface area contributed by atoms with E-state index < -0.39 is 11.6 Å². The van der Waals surface area contributed by atoms with Crippen LogP contribution in [0.1, 0.15) is 56.3 Å². The van der Waals surface area contributed by atoms with E-state index in [1.54, 1.807) is 4.68 Å². The number of methoxy groups -OCH3 is 1. The van der Waals surface area contributed by atoms with E-state index in [0.29, 0.717) is 18.7 Å². The molecule has 1 aliphatic heterocycles. The highest BCUT2D eigenvalue weighted by atomic mass is 16.5. The van der Waals surface area contributed by atoms with Crippen LogP contribution in [0.3, 0.4) is 0 Å². The lowest BCUT2D eigenvalue weighted by molar-refractivity contribution is -0.0740. The summed E-state index contributed by atoms with van der Waals surface area (Å²) in [5.41, 5.74) is 5.98. The SMILES string of the molecule is COC(=O)c1nnn(C2CC(C)(C)OC2(C)C)c1CCN. The Hall–Kier alpha value is -1.47. The van der Waals surface area contributed by atoms with E-state index in [0.717, 1.165) is 6.42 Å². The van der Waals surface area contributed by atoms with Gasteiger partial charge in [-0.1, -0.05) is 5.21 Å². The fraction of sp³-hybridized carbons (Fsp3) is 0.786. The minimum atomic E-state index is -0.485. The van der Waals surface area contributed by atoms with Gasteiger partial charge in [0.15, 0.2) is 5.69 Å². The third-order valence-corrected chi connectivity index (χ3v) is 3.87.